The second kappa shape index (κ2) is 9.47. The smallest absolute Gasteiger partial charge is 0.243 e. The minimum atomic E-state index is -3.64. The summed E-state index contributed by atoms with van der Waals surface area (Å²) in [4.78, 5) is 12.9. The maximum absolute atomic E-state index is 12.9. The number of nitrogens with one attached hydrogen (secondary N) is 1. The summed E-state index contributed by atoms with van der Waals surface area (Å²) in [6.07, 6.45) is 1.89. The van der Waals surface area contributed by atoms with Gasteiger partial charge in [0.25, 0.3) is 0 Å². The number of carbonyl (C=O) groups is 1. The zero-order valence-electron chi connectivity index (χ0n) is 18.2. The van der Waals surface area contributed by atoms with Gasteiger partial charge < -0.3 is 10.1 Å². The minimum Gasteiger partial charge on any atom is -0.497 e. The van der Waals surface area contributed by atoms with Crippen molar-refractivity contribution in [3.05, 3.63) is 48.5 Å². The van der Waals surface area contributed by atoms with Crippen molar-refractivity contribution in [1.82, 2.24) is 4.31 Å². The van der Waals surface area contributed by atoms with Crippen LogP contribution in [0.3, 0.4) is 0 Å². The van der Waals surface area contributed by atoms with Crippen molar-refractivity contribution < 1.29 is 26.4 Å². The van der Waals surface area contributed by atoms with E-state index in [9.17, 15) is 21.6 Å². The van der Waals surface area contributed by atoms with Crippen LogP contribution in [0.1, 0.15) is 12.8 Å². The Labute approximate surface area is 189 Å². The van der Waals surface area contributed by atoms with Crippen molar-refractivity contribution in [2.24, 2.45) is 5.92 Å². The van der Waals surface area contributed by atoms with Crippen LogP contribution in [0.4, 0.5) is 11.4 Å². The molecule has 0 aromatic heterocycles. The molecular formula is C21H27N3O6S2. The van der Waals surface area contributed by atoms with Crippen molar-refractivity contribution in [3.63, 3.8) is 0 Å². The number of amides is 1. The summed E-state index contributed by atoms with van der Waals surface area (Å²) in [6, 6.07) is 12.8. The van der Waals surface area contributed by atoms with E-state index in [0.717, 1.165) is 10.6 Å². The van der Waals surface area contributed by atoms with Gasteiger partial charge in [-0.1, -0.05) is 6.07 Å². The molecule has 9 nitrogen and oxygen atoms in total. The molecule has 0 bridgehead atoms. The van der Waals surface area contributed by atoms with E-state index in [2.05, 4.69) is 5.32 Å². The highest BCUT2D eigenvalue weighted by molar-refractivity contribution is 7.92. The van der Waals surface area contributed by atoms with Gasteiger partial charge in [-0.25, -0.2) is 16.8 Å². The van der Waals surface area contributed by atoms with Gasteiger partial charge in [0.05, 0.1) is 23.9 Å². The second-order valence-corrected chi connectivity index (χ2v) is 11.6. The van der Waals surface area contributed by atoms with Crippen molar-refractivity contribution in [2.75, 3.05) is 43.1 Å². The molecule has 0 aliphatic carbocycles. The molecule has 0 atom stereocenters. The maximum atomic E-state index is 12.9. The number of ether oxygens (including phenoxy) is 1. The summed E-state index contributed by atoms with van der Waals surface area (Å²) >= 11 is 0. The van der Waals surface area contributed by atoms with E-state index in [0.29, 0.717) is 30.0 Å². The molecule has 1 fully saturated rings. The maximum Gasteiger partial charge on any atom is 0.243 e. The zero-order valence-corrected chi connectivity index (χ0v) is 19.8. The lowest BCUT2D eigenvalue weighted by atomic mass is 9.97. The van der Waals surface area contributed by atoms with Gasteiger partial charge in [-0.3, -0.25) is 9.10 Å². The van der Waals surface area contributed by atoms with Crippen LogP contribution >= 0.6 is 0 Å². The van der Waals surface area contributed by atoms with Gasteiger partial charge in [-0.05, 0) is 55.3 Å². The molecule has 174 valence electrons. The number of anilines is 2. The standard InChI is InChI=1S/C21H27N3O6S2/c1-23(31(3,26)27)18-6-4-5-17(15-18)22-21(25)16-11-13-24(14-12-16)32(28,29)20-9-7-19(30-2)8-10-20/h4-10,15-16H,11-14H2,1-3H3,(H,22,25). The predicted octanol–water partition coefficient (Wildman–Crippen LogP) is 2.13. The fourth-order valence-corrected chi connectivity index (χ4v) is 5.44. The van der Waals surface area contributed by atoms with E-state index in [1.54, 1.807) is 36.4 Å². The lowest BCUT2D eigenvalue weighted by molar-refractivity contribution is -0.120. The van der Waals surface area contributed by atoms with Crippen LogP contribution in [0.15, 0.2) is 53.4 Å². The number of nitrogens with zero attached hydrogens (tertiary/aromatic N) is 2. The van der Waals surface area contributed by atoms with Crippen molar-refractivity contribution in [1.29, 1.82) is 0 Å². The third kappa shape index (κ3) is 5.40. The Balaban J connectivity index is 1.62. The van der Waals surface area contributed by atoms with E-state index in [4.69, 9.17) is 4.74 Å². The Morgan fingerprint density at radius 1 is 1.06 bits per heavy atom. The van der Waals surface area contributed by atoms with Crippen LogP contribution in [-0.2, 0) is 24.8 Å². The molecular weight excluding hydrogens is 454 g/mol. The first kappa shape index (κ1) is 24.0. The fraction of sp³-hybridized carbons (Fsp3) is 0.381. The largest absolute Gasteiger partial charge is 0.497 e. The number of sulfonamides is 2. The number of carbonyl (C=O) groups excluding carboxylic acids is 1. The van der Waals surface area contributed by atoms with Crippen LogP contribution in [-0.4, -0.2) is 60.6 Å². The molecule has 1 aliphatic rings. The van der Waals surface area contributed by atoms with Crippen molar-refractivity contribution in [3.8, 4) is 5.75 Å². The quantitative estimate of drug-likeness (QED) is 0.648. The first-order valence-corrected chi connectivity index (χ1v) is 13.3. The van der Waals surface area contributed by atoms with Crippen molar-refractivity contribution >= 4 is 37.3 Å². The van der Waals surface area contributed by atoms with Gasteiger partial charge in [-0.2, -0.15) is 4.31 Å². The Kier molecular flexibility index (Phi) is 7.11. The molecule has 1 aliphatic heterocycles. The molecule has 2 aromatic rings. The molecule has 0 spiro atoms. The van der Waals surface area contributed by atoms with E-state index in [1.165, 1.54) is 30.6 Å². The predicted molar refractivity (Wildman–Crippen MR) is 123 cm³/mol. The average Bonchev–Trinajstić information content (AvgIpc) is 2.78. The number of piperidine rings is 1. The van der Waals surface area contributed by atoms with Crippen LogP contribution in [0, 0.1) is 5.92 Å². The summed E-state index contributed by atoms with van der Waals surface area (Å²) < 4.78 is 56.8. The molecule has 2 aromatic carbocycles. The lowest BCUT2D eigenvalue weighted by Gasteiger charge is -2.30. The fourth-order valence-electron chi connectivity index (χ4n) is 3.47. The number of methoxy groups -OCH3 is 1. The molecule has 0 unspecified atom stereocenters. The lowest BCUT2D eigenvalue weighted by Crippen LogP contribution is -2.41. The Bertz CT molecular complexity index is 1170. The molecule has 1 saturated heterocycles. The first-order valence-electron chi connectivity index (χ1n) is 10.0. The number of benzene rings is 2. The van der Waals surface area contributed by atoms with Crippen LogP contribution < -0.4 is 14.4 Å². The van der Waals surface area contributed by atoms with Gasteiger partial charge in [0.1, 0.15) is 5.75 Å². The van der Waals surface area contributed by atoms with Gasteiger partial charge in [-0.15, -0.1) is 0 Å². The molecule has 0 saturated carbocycles. The topological polar surface area (TPSA) is 113 Å². The monoisotopic (exact) mass is 481 g/mol. The molecule has 0 radical (unpaired) electrons. The normalized spacial score (nSPS) is 15.8. The minimum absolute atomic E-state index is 0.188. The number of hydrogen-bond acceptors (Lipinski definition) is 6. The van der Waals surface area contributed by atoms with Crippen LogP contribution in [0.25, 0.3) is 0 Å². The summed E-state index contributed by atoms with van der Waals surface area (Å²) in [5.41, 5.74) is 0.919. The molecule has 11 heteroatoms. The number of hydrogen-bond donors (Lipinski definition) is 1. The summed E-state index contributed by atoms with van der Waals surface area (Å²) in [7, 11) is -4.10. The molecule has 1 heterocycles. The Morgan fingerprint density at radius 2 is 1.69 bits per heavy atom. The summed E-state index contributed by atoms with van der Waals surface area (Å²) in [5.74, 6) is 0.0189. The van der Waals surface area contributed by atoms with Gasteiger partial charge in [0.2, 0.25) is 26.0 Å². The molecule has 1 N–H and O–H groups in total. The second-order valence-electron chi connectivity index (χ2n) is 7.62. The summed E-state index contributed by atoms with van der Waals surface area (Å²) in [6.45, 7) is 0.479. The SMILES string of the molecule is COc1ccc(S(=O)(=O)N2CCC(C(=O)Nc3cccc(N(C)S(C)(=O)=O)c3)CC2)cc1. The Hall–Kier alpha value is -2.63. The van der Waals surface area contributed by atoms with E-state index in [1.807, 2.05) is 0 Å². The molecule has 1 amide bonds. The van der Waals surface area contributed by atoms with Gasteiger partial charge in [0.15, 0.2) is 0 Å². The third-order valence-corrected chi connectivity index (χ3v) is 8.62. The third-order valence-electron chi connectivity index (χ3n) is 5.50. The summed E-state index contributed by atoms with van der Waals surface area (Å²) in [5, 5.41) is 2.81. The van der Waals surface area contributed by atoms with E-state index < -0.39 is 20.0 Å². The number of rotatable bonds is 7. The van der Waals surface area contributed by atoms with Crippen LogP contribution in [0.2, 0.25) is 0 Å². The van der Waals surface area contributed by atoms with Gasteiger partial charge >= 0.3 is 0 Å². The molecule has 3 rings (SSSR count). The highest BCUT2D eigenvalue weighted by atomic mass is 32.2. The highest BCUT2D eigenvalue weighted by Crippen LogP contribution is 2.27. The molecule has 32 heavy (non-hydrogen) atoms. The van der Waals surface area contributed by atoms with E-state index >= 15 is 0 Å². The highest BCUT2D eigenvalue weighted by Gasteiger charge is 2.32. The van der Waals surface area contributed by atoms with Crippen LogP contribution in [0.5, 0.6) is 5.75 Å². The van der Waals surface area contributed by atoms with E-state index in [-0.39, 0.29) is 29.8 Å². The Morgan fingerprint density at radius 3 is 2.25 bits per heavy atom. The first-order chi connectivity index (χ1) is 15.0. The zero-order chi connectivity index (χ0) is 23.5. The average molecular weight is 482 g/mol. The van der Waals surface area contributed by atoms with Crippen molar-refractivity contribution in [2.45, 2.75) is 17.7 Å². The van der Waals surface area contributed by atoms with Gasteiger partial charge in [0, 0.05) is 31.7 Å².